The minimum absolute atomic E-state index is 0.0617. The standard InChI is InChI=1S/C16H13BrF3NOS/c1-22-13-4-3-10(17)7-11(13)15-8-21-12-6-9(16(18,19)20)2-5-14(12)23-15/h2-7,15,21H,8H2,1H3. The van der Waals surface area contributed by atoms with Crippen LogP contribution in [0.5, 0.6) is 5.75 Å². The van der Waals surface area contributed by atoms with Gasteiger partial charge >= 0.3 is 6.18 Å². The van der Waals surface area contributed by atoms with Crippen LogP contribution in [-0.4, -0.2) is 13.7 Å². The van der Waals surface area contributed by atoms with Crippen LogP contribution in [0, 0.1) is 0 Å². The molecule has 0 saturated heterocycles. The molecule has 2 aromatic rings. The molecule has 1 aliphatic heterocycles. The van der Waals surface area contributed by atoms with E-state index in [9.17, 15) is 13.2 Å². The number of thioether (sulfide) groups is 1. The maximum Gasteiger partial charge on any atom is 0.416 e. The van der Waals surface area contributed by atoms with E-state index >= 15 is 0 Å². The summed E-state index contributed by atoms with van der Waals surface area (Å²) in [5.74, 6) is 0.767. The summed E-state index contributed by atoms with van der Waals surface area (Å²) in [6, 6.07) is 9.56. The van der Waals surface area contributed by atoms with Crippen LogP contribution in [0.25, 0.3) is 0 Å². The average molecular weight is 404 g/mol. The molecular formula is C16H13BrF3NOS. The summed E-state index contributed by atoms with van der Waals surface area (Å²) in [6.45, 7) is 0.534. The van der Waals surface area contributed by atoms with Gasteiger partial charge in [0.2, 0.25) is 0 Å². The maximum absolute atomic E-state index is 12.8. The molecule has 0 bridgehead atoms. The number of alkyl halides is 3. The van der Waals surface area contributed by atoms with Gasteiger partial charge in [0, 0.05) is 27.2 Å². The monoisotopic (exact) mass is 403 g/mol. The molecule has 1 atom stereocenters. The van der Waals surface area contributed by atoms with E-state index in [1.165, 1.54) is 17.8 Å². The Kier molecular flexibility index (Phi) is 4.51. The molecule has 1 heterocycles. The number of halogens is 4. The molecule has 0 aromatic heterocycles. The van der Waals surface area contributed by atoms with Crippen molar-refractivity contribution in [1.29, 1.82) is 0 Å². The van der Waals surface area contributed by atoms with Gasteiger partial charge in [0.1, 0.15) is 5.75 Å². The third-order valence-corrected chi connectivity index (χ3v) is 5.40. The number of anilines is 1. The van der Waals surface area contributed by atoms with Gasteiger partial charge in [0.25, 0.3) is 0 Å². The Morgan fingerprint density at radius 3 is 2.70 bits per heavy atom. The second kappa shape index (κ2) is 6.28. The molecule has 122 valence electrons. The topological polar surface area (TPSA) is 21.3 Å². The molecule has 1 aliphatic rings. The van der Waals surface area contributed by atoms with Crippen LogP contribution in [0.1, 0.15) is 16.4 Å². The molecule has 0 radical (unpaired) electrons. The van der Waals surface area contributed by atoms with E-state index in [-0.39, 0.29) is 5.25 Å². The molecule has 2 nitrogen and oxygen atoms in total. The average Bonchev–Trinajstić information content (AvgIpc) is 2.53. The highest BCUT2D eigenvalue weighted by molar-refractivity contribution is 9.10. The largest absolute Gasteiger partial charge is 0.496 e. The van der Waals surface area contributed by atoms with E-state index in [1.54, 1.807) is 7.11 Å². The van der Waals surface area contributed by atoms with E-state index in [0.717, 1.165) is 32.8 Å². The number of rotatable bonds is 2. The van der Waals surface area contributed by atoms with Gasteiger partial charge in [-0.05, 0) is 36.4 Å². The van der Waals surface area contributed by atoms with Crippen molar-refractivity contribution < 1.29 is 17.9 Å². The van der Waals surface area contributed by atoms with E-state index in [2.05, 4.69) is 21.2 Å². The lowest BCUT2D eigenvalue weighted by molar-refractivity contribution is -0.137. The Balaban J connectivity index is 1.91. The zero-order valence-electron chi connectivity index (χ0n) is 12.1. The highest BCUT2D eigenvalue weighted by Gasteiger charge is 2.32. The summed E-state index contributed by atoms with van der Waals surface area (Å²) in [6.07, 6.45) is -4.33. The SMILES string of the molecule is COc1ccc(Br)cc1C1CNc2cc(C(F)(F)F)ccc2S1. The molecule has 7 heteroatoms. The summed E-state index contributed by atoms with van der Waals surface area (Å²) in [5.41, 5.74) is 0.891. The molecule has 23 heavy (non-hydrogen) atoms. The number of benzene rings is 2. The van der Waals surface area contributed by atoms with Crippen molar-refractivity contribution in [1.82, 2.24) is 0 Å². The van der Waals surface area contributed by atoms with Crippen LogP contribution >= 0.6 is 27.7 Å². The van der Waals surface area contributed by atoms with Crippen molar-refractivity contribution in [2.75, 3.05) is 19.0 Å². The smallest absolute Gasteiger partial charge is 0.416 e. The lowest BCUT2D eigenvalue weighted by atomic mass is 10.1. The fraction of sp³-hybridized carbons (Fsp3) is 0.250. The van der Waals surface area contributed by atoms with Gasteiger partial charge in [-0.1, -0.05) is 15.9 Å². The number of fused-ring (bicyclic) bond motifs is 1. The number of ether oxygens (including phenoxy) is 1. The highest BCUT2D eigenvalue weighted by Crippen LogP contribution is 2.47. The molecule has 0 saturated carbocycles. The van der Waals surface area contributed by atoms with Crippen molar-refractivity contribution >= 4 is 33.4 Å². The molecule has 1 N–H and O–H groups in total. The fourth-order valence-corrected chi connectivity index (χ4v) is 4.04. The van der Waals surface area contributed by atoms with Crippen LogP contribution in [-0.2, 0) is 6.18 Å². The van der Waals surface area contributed by atoms with Crippen LogP contribution < -0.4 is 10.1 Å². The molecule has 1 unspecified atom stereocenters. The molecule has 2 aromatic carbocycles. The van der Waals surface area contributed by atoms with Crippen molar-refractivity contribution in [3.05, 3.63) is 52.0 Å². The Hall–Kier alpha value is -1.34. The number of methoxy groups -OCH3 is 1. The summed E-state index contributed by atoms with van der Waals surface area (Å²) >= 11 is 4.98. The van der Waals surface area contributed by atoms with Gasteiger partial charge in [-0.3, -0.25) is 0 Å². The van der Waals surface area contributed by atoms with Crippen LogP contribution in [0.15, 0.2) is 45.8 Å². The van der Waals surface area contributed by atoms with E-state index < -0.39 is 11.7 Å². The van der Waals surface area contributed by atoms with Gasteiger partial charge in [-0.25, -0.2) is 0 Å². The van der Waals surface area contributed by atoms with Crippen molar-refractivity contribution in [2.24, 2.45) is 0 Å². The summed E-state index contributed by atoms with van der Waals surface area (Å²) < 4.78 is 44.7. The number of nitrogens with one attached hydrogen (secondary N) is 1. The van der Waals surface area contributed by atoms with Gasteiger partial charge in [-0.2, -0.15) is 13.2 Å². The number of hydrogen-bond donors (Lipinski definition) is 1. The van der Waals surface area contributed by atoms with Crippen LogP contribution in [0.2, 0.25) is 0 Å². The van der Waals surface area contributed by atoms with Crippen LogP contribution in [0.3, 0.4) is 0 Å². The first-order chi connectivity index (χ1) is 10.9. The third-order valence-electron chi connectivity index (χ3n) is 3.59. The summed E-state index contributed by atoms with van der Waals surface area (Å²) in [5, 5.41) is 3.16. The molecule has 3 rings (SSSR count). The van der Waals surface area contributed by atoms with Crippen molar-refractivity contribution in [2.45, 2.75) is 16.3 Å². The molecule has 0 fully saturated rings. The predicted octanol–water partition coefficient (Wildman–Crippen LogP) is 5.74. The van der Waals surface area contributed by atoms with E-state index in [1.807, 2.05) is 18.2 Å². The minimum atomic E-state index is -4.33. The lowest BCUT2D eigenvalue weighted by Gasteiger charge is -2.27. The summed E-state index contributed by atoms with van der Waals surface area (Å²) in [4.78, 5) is 0.802. The minimum Gasteiger partial charge on any atom is -0.496 e. The summed E-state index contributed by atoms with van der Waals surface area (Å²) in [7, 11) is 1.61. The first-order valence-corrected chi connectivity index (χ1v) is 8.51. The van der Waals surface area contributed by atoms with E-state index in [0.29, 0.717) is 12.2 Å². The van der Waals surface area contributed by atoms with Gasteiger partial charge < -0.3 is 10.1 Å². The number of hydrogen-bond acceptors (Lipinski definition) is 3. The lowest BCUT2D eigenvalue weighted by Crippen LogP contribution is -2.17. The van der Waals surface area contributed by atoms with E-state index in [4.69, 9.17) is 4.74 Å². The zero-order valence-corrected chi connectivity index (χ0v) is 14.5. The molecule has 0 spiro atoms. The van der Waals surface area contributed by atoms with Crippen LogP contribution in [0.4, 0.5) is 18.9 Å². The molecular weight excluding hydrogens is 391 g/mol. The second-order valence-corrected chi connectivity index (χ2v) is 7.24. The Morgan fingerprint density at radius 1 is 1.22 bits per heavy atom. The second-order valence-electron chi connectivity index (χ2n) is 5.08. The van der Waals surface area contributed by atoms with Gasteiger partial charge in [-0.15, -0.1) is 11.8 Å². The van der Waals surface area contributed by atoms with Gasteiger partial charge in [0.05, 0.1) is 17.9 Å². The third kappa shape index (κ3) is 3.45. The first kappa shape index (κ1) is 16.5. The fourth-order valence-electron chi connectivity index (χ4n) is 2.48. The Morgan fingerprint density at radius 2 is 2.00 bits per heavy atom. The van der Waals surface area contributed by atoms with Crippen molar-refractivity contribution in [3.8, 4) is 5.75 Å². The molecule has 0 aliphatic carbocycles. The van der Waals surface area contributed by atoms with Gasteiger partial charge in [0.15, 0.2) is 0 Å². The van der Waals surface area contributed by atoms with Crippen molar-refractivity contribution in [3.63, 3.8) is 0 Å². The Bertz CT molecular complexity index is 736. The quantitative estimate of drug-likeness (QED) is 0.690. The molecule has 0 amide bonds. The predicted molar refractivity (Wildman–Crippen MR) is 89.2 cm³/mol. The Labute approximate surface area is 144 Å². The normalized spacial score (nSPS) is 17.3. The first-order valence-electron chi connectivity index (χ1n) is 6.83. The highest BCUT2D eigenvalue weighted by atomic mass is 79.9. The maximum atomic E-state index is 12.8. The zero-order chi connectivity index (χ0) is 16.6.